The Labute approximate surface area is 152 Å². The van der Waals surface area contributed by atoms with E-state index >= 15 is 0 Å². The molecule has 1 atom stereocenters. The molecule has 1 N–H and O–H groups in total. The molecule has 0 fully saturated rings. The van der Waals surface area contributed by atoms with Gasteiger partial charge in [0.25, 0.3) is 11.6 Å². The molecule has 0 saturated heterocycles. The largest absolute Gasteiger partial charge is 0.449 e. The number of nitrogens with zero attached hydrogens (tertiary/aromatic N) is 1. The van der Waals surface area contributed by atoms with Gasteiger partial charge in [-0.05, 0) is 31.2 Å². The van der Waals surface area contributed by atoms with Gasteiger partial charge in [0, 0.05) is 27.9 Å². The first-order valence-electron chi connectivity index (χ1n) is 6.98. The van der Waals surface area contributed by atoms with Gasteiger partial charge in [-0.25, -0.2) is 4.79 Å². The molecule has 0 radical (unpaired) electrons. The first-order chi connectivity index (χ1) is 11.8. The number of benzene rings is 2. The topological polar surface area (TPSA) is 98.5 Å². The number of hydrogen-bond acceptors (Lipinski definition) is 5. The maximum Gasteiger partial charge on any atom is 0.339 e. The molecule has 25 heavy (non-hydrogen) atoms. The molecule has 0 aromatic heterocycles. The number of hydrogen-bond donors (Lipinski definition) is 1. The second-order valence-corrected chi connectivity index (χ2v) is 5.88. The molecule has 7 nitrogen and oxygen atoms in total. The molecule has 1 amide bonds. The van der Waals surface area contributed by atoms with E-state index in [2.05, 4.69) is 5.32 Å². The molecule has 0 heterocycles. The van der Waals surface area contributed by atoms with E-state index < -0.39 is 22.9 Å². The zero-order valence-corrected chi connectivity index (χ0v) is 14.4. The number of nitro benzene ring substituents is 1. The highest BCUT2D eigenvalue weighted by Crippen LogP contribution is 2.22. The number of esters is 1. The number of anilines is 1. The van der Waals surface area contributed by atoms with Crippen LogP contribution in [0.15, 0.2) is 42.5 Å². The van der Waals surface area contributed by atoms with Gasteiger partial charge in [0.1, 0.15) is 0 Å². The Morgan fingerprint density at radius 1 is 1.16 bits per heavy atom. The molecule has 0 aliphatic rings. The zero-order valence-electron chi connectivity index (χ0n) is 12.9. The molecule has 2 aromatic rings. The molecule has 0 unspecified atom stereocenters. The molecule has 2 aromatic carbocycles. The number of rotatable bonds is 5. The average molecular weight is 383 g/mol. The highest BCUT2D eigenvalue weighted by molar-refractivity contribution is 6.35. The number of nitro groups is 1. The van der Waals surface area contributed by atoms with Crippen LogP contribution in [0.4, 0.5) is 11.4 Å². The van der Waals surface area contributed by atoms with E-state index in [-0.39, 0.29) is 11.3 Å². The quantitative estimate of drug-likeness (QED) is 0.477. The fourth-order valence-electron chi connectivity index (χ4n) is 1.90. The molecule has 2 rings (SSSR count). The summed E-state index contributed by atoms with van der Waals surface area (Å²) in [4.78, 5) is 34.2. The van der Waals surface area contributed by atoms with Gasteiger partial charge >= 0.3 is 5.97 Å². The predicted octanol–water partition coefficient (Wildman–Crippen LogP) is 4.09. The molecule has 130 valence electrons. The predicted molar refractivity (Wildman–Crippen MR) is 93.1 cm³/mol. The van der Waals surface area contributed by atoms with Crippen LogP contribution in [-0.4, -0.2) is 22.9 Å². The number of non-ortho nitro benzene ring substituents is 1. The van der Waals surface area contributed by atoms with Crippen molar-refractivity contribution in [2.75, 3.05) is 5.32 Å². The summed E-state index contributed by atoms with van der Waals surface area (Å²) in [5.41, 5.74) is 0.0699. The van der Waals surface area contributed by atoms with E-state index in [0.717, 1.165) is 6.07 Å². The second kappa shape index (κ2) is 7.96. The van der Waals surface area contributed by atoms with Crippen LogP contribution in [0.25, 0.3) is 0 Å². The number of ether oxygens (including phenoxy) is 1. The Hall–Kier alpha value is -2.64. The molecule has 0 spiro atoms. The van der Waals surface area contributed by atoms with E-state index in [1.165, 1.54) is 43.3 Å². The Morgan fingerprint density at radius 2 is 1.80 bits per heavy atom. The van der Waals surface area contributed by atoms with Gasteiger partial charge in [0.05, 0.1) is 10.5 Å². The molecule has 9 heteroatoms. The van der Waals surface area contributed by atoms with E-state index in [9.17, 15) is 19.7 Å². The van der Waals surface area contributed by atoms with Gasteiger partial charge in [-0.3, -0.25) is 14.9 Å². The van der Waals surface area contributed by atoms with Crippen molar-refractivity contribution < 1.29 is 19.2 Å². The van der Waals surface area contributed by atoms with Crippen LogP contribution in [0.5, 0.6) is 0 Å². The summed E-state index contributed by atoms with van der Waals surface area (Å²) in [6.45, 7) is 1.37. The van der Waals surface area contributed by atoms with Crippen LogP contribution >= 0.6 is 23.2 Å². The standard InChI is InChI=1S/C16H12Cl2N2O5/c1-9(15(21)19-13-7-11(17)6-12(18)8-13)25-16(22)10-3-2-4-14(5-10)20(23)24/h2-9H,1H3,(H,19,21)/t9-/m1/s1. The van der Waals surface area contributed by atoms with Crippen LogP contribution < -0.4 is 5.32 Å². The highest BCUT2D eigenvalue weighted by atomic mass is 35.5. The Kier molecular flexibility index (Phi) is 5.95. The van der Waals surface area contributed by atoms with Crippen molar-refractivity contribution in [1.82, 2.24) is 0 Å². The summed E-state index contributed by atoms with van der Waals surface area (Å²) in [7, 11) is 0. The fraction of sp³-hybridized carbons (Fsp3) is 0.125. The maximum absolute atomic E-state index is 12.1. The van der Waals surface area contributed by atoms with Gasteiger partial charge < -0.3 is 10.1 Å². The Morgan fingerprint density at radius 3 is 2.40 bits per heavy atom. The van der Waals surface area contributed by atoms with Gasteiger partial charge in [-0.15, -0.1) is 0 Å². The SMILES string of the molecule is C[C@@H](OC(=O)c1cccc([N+](=O)[O-])c1)C(=O)Nc1cc(Cl)cc(Cl)c1. The van der Waals surface area contributed by atoms with E-state index in [1.807, 2.05) is 0 Å². The normalized spacial score (nSPS) is 11.5. The number of carbonyl (C=O) groups is 2. The summed E-state index contributed by atoms with van der Waals surface area (Å²) in [6, 6.07) is 9.51. The average Bonchev–Trinajstić information content (AvgIpc) is 2.53. The summed E-state index contributed by atoms with van der Waals surface area (Å²) >= 11 is 11.7. The molecule has 0 bridgehead atoms. The minimum atomic E-state index is -1.13. The molecular formula is C16H12Cl2N2O5. The fourth-order valence-corrected chi connectivity index (χ4v) is 2.42. The van der Waals surface area contributed by atoms with Crippen molar-refractivity contribution >= 4 is 46.5 Å². The van der Waals surface area contributed by atoms with Crippen molar-refractivity contribution in [3.8, 4) is 0 Å². The van der Waals surface area contributed by atoms with Gasteiger partial charge in [-0.2, -0.15) is 0 Å². The molecule has 0 aliphatic heterocycles. The first kappa shape index (κ1) is 18.7. The lowest BCUT2D eigenvalue weighted by molar-refractivity contribution is -0.384. The third-order valence-corrected chi connectivity index (χ3v) is 3.51. The second-order valence-electron chi connectivity index (χ2n) is 5.00. The van der Waals surface area contributed by atoms with Crippen LogP contribution in [-0.2, 0) is 9.53 Å². The summed E-state index contributed by atoms with van der Waals surface area (Å²) in [5.74, 6) is -1.45. The molecule has 0 aliphatic carbocycles. The number of amides is 1. The van der Waals surface area contributed by atoms with Crippen molar-refractivity contribution in [3.05, 3.63) is 68.2 Å². The molecule has 0 saturated carbocycles. The van der Waals surface area contributed by atoms with Crippen molar-refractivity contribution in [2.45, 2.75) is 13.0 Å². The zero-order chi connectivity index (χ0) is 18.6. The van der Waals surface area contributed by atoms with E-state index in [0.29, 0.717) is 15.7 Å². The first-order valence-corrected chi connectivity index (χ1v) is 7.74. The summed E-state index contributed by atoms with van der Waals surface area (Å²) < 4.78 is 5.03. The number of nitrogens with one attached hydrogen (secondary N) is 1. The molecular weight excluding hydrogens is 371 g/mol. The Bertz CT molecular complexity index is 821. The minimum Gasteiger partial charge on any atom is -0.449 e. The van der Waals surface area contributed by atoms with Gasteiger partial charge in [0.2, 0.25) is 0 Å². The third kappa shape index (κ3) is 5.17. The monoisotopic (exact) mass is 382 g/mol. The van der Waals surface area contributed by atoms with Crippen LogP contribution in [0.2, 0.25) is 10.0 Å². The summed E-state index contributed by atoms with van der Waals surface area (Å²) in [6.07, 6.45) is -1.13. The lowest BCUT2D eigenvalue weighted by Crippen LogP contribution is -2.30. The highest BCUT2D eigenvalue weighted by Gasteiger charge is 2.20. The summed E-state index contributed by atoms with van der Waals surface area (Å²) in [5, 5.41) is 13.9. The lowest BCUT2D eigenvalue weighted by Gasteiger charge is -2.14. The van der Waals surface area contributed by atoms with Crippen LogP contribution in [0.3, 0.4) is 0 Å². The van der Waals surface area contributed by atoms with Gasteiger partial charge in [0.15, 0.2) is 6.10 Å². The van der Waals surface area contributed by atoms with Crippen molar-refractivity contribution in [2.24, 2.45) is 0 Å². The number of carbonyl (C=O) groups excluding carboxylic acids is 2. The van der Waals surface area contributed by atoms with Crippen molar-refractivity contribution in [3.63, 3.8) is 0 Å². The number of halogens is 2. The van der Waals surface area contributed by atoms with Crippen LogP contribution in [0, 0.1) is 10.1 Å². The van der Waals surface area contributed by atoms with E-state index in [4.69, 9.17) is 27.9 Å². The van der Waals surface area contributed by atoms with Crippen LogP contribution in [0.1, 0.15) is 17.3 Å². The lowest BCUT2D eigenvalue weighted by atomic mass is 10.2. The Balaban J connectivity index is 2.04. The minimum absolute atomic E-state index is 0.0281. The maximum atomic E-state index is 12.1. The van der Waals surface area contributed by atoms with E-state index in [1.54, 1.807) is 0 Å². The smallest absolute Gasteiger partial charge is 0.339 e. The van der Waals surface area contributed by atoms with Gasteiger partial charge in [-0.1, -0.05) is 29.3 Å². The third-order valence-electron chi connectivity index (χ3n) is 3.08. The van der Waals surface area contributed by atoms with Crippen molar-refractivity contribution in [1.29, 1.82) is 0 Å².